The Balaban J connectivity index is 0.000000332. The van der Waals surface area contributed by atoms with E-state index in [0.29, 0.717) is 35.8 Å². The zero-order valence-corrected chi connectivity index (χ0v) is 20.8. The van der Waals surface area contributed by atoms with Crippen LogP contribution in [0.2, 0.25) is 30.1 Å². The molecule has 0 saturated heterocycles. The Labute approximate surface area is 209 Å². The molecule has 0 bridgehead atoms. The van der Waals surface area contributed by atoms with E-state index in [-0.39, 0.29) is 12.4 Å². The molecule has 3 aromatic rings. The summed E-state index contributed by atoms with van der Waals surface area (Å²) in [5.74, 6) is 0. The number of anilines is 1. The summed E-state index contributed by atoms with van der Waals surface area (Å²) in [6.45, 7) is 0. The molecule has 0 fully saturated rings. The van der Waals surface area contributed by atoms with Gasteiger partial charge in [-0.3, -0.25) is 0 Å². The van der Waals surface area contributed by atoms with Crippen molar-refractivity contribution < 1.29 is 0 Å². The third-order valence-corrected chi connectivity index (χ3v) is 6.69. The Hall–Kier alpha value is 0.190. The van der Waals surface area contributed by atoms with Crippen molar-refractivity contribution in [3.8, 4) is 0 Å². The lowest BCUT2D eigenvalue weighted by atomic mass is 10.3. The van der Waals surface area contributed by atoms with Crippen LogP contribution in [-0.2, 0) is 0 Å². The molecule has 0 aliphatic heterocycles. The number of halogens is 7. The SMILES string of the molecule is Cl.Nc1cc(Cl)c(Sc2ccc(Cl)cc2Cl)cc1Cl.Sc1ccc(Cl)cc1Cl. The van der Waals surface area contributed by atoms with Crippen LogP contribution in [0.5, 0.6) is 0 Å². The maximum absolute atomic E-state index is 6.11. The fraction of sp³-hybridized carbons (Fsp3) is 0. The van der Waals surface area contributed by atoms with E-state index in [1.807, 2.05) is 6.07 Å². The second-order valence-electron chi connectivity index (χ2n) is 5.08. The molecule has 0 amide bonds. The molecular weight excluding hydrogens is 543 g/mol. The van der Waals surface area contributed by atoms with Crippen LogP contribution in [-0.4, -0.2) is 0 Å². The number of nitrogen functional groups attached to an aromatic ring is 1. The van der Waals surface area contributed by atoms with Crippen LogP contribution >= 0.6 is 106 Å². The predicted molar refractivity (Wildman–Crippen MR) is 132 cm³/mol. The largest absolute Gasteiger partial charge is 0.397 e. The van der Waals surface area contributed by atoms with Gasteiger partial charge in [-0.05, 0) is 48.5 Å². The van der Waals surface area contributed by atoms with E-state index < -0.39 is 0 Å². The highest BCUT2D eigenvalue weighted by molar-refractivity contribution is 7.99. The van der Waals surface area contributed by atoms with Gasteiger partial charge in [0.1, 0.15) is 0 Å². The average Bonchev–Trinajstić information content (AvgIpc) is 2.59. The molecule has 0 heterocycles. The van der Waals surface area contributed by atoms with Gasteiger partial charge in [0.15, 0.2) is 0 Å². The van der Waals surface area contributed by atoms with Crippen LogP contribution in [0.25, 0.3) is 0 Å². The third-order valence-electron chi connectivity index (χ3n) is 3.07. The Morgan fingerprint density at radius 2 is 1.18 bits per heavy atom. The number of rotatable bonds is 2. The minimum absolute atomic E-state index is 0. The Bertz CT molecular complexity index is 967. The van der Waals surface area contributed by atoms with Gasteiger partial charge in [0.25, 0.3) is 0 Å². The van der Waals surface area contributed by atoms with Crippen LogP contribution in [0, 0.1) is 0 Å². The van der Waals surface area contributed by atoms with Gasteiger partial charge < -0.3 is 5.73 Å². The zero-order chi connectivity index (χ0) is 20.1. The lowest BCUT2D eigenvalue weighted by molar-refractivity contribution is 1.41. The summed E-state index contributed by atoms with van der Waals surface area (Å²) in [5.41, 5.74) is 6.12. The van der Waals surface area contributed by atoms with Crippen LogP contribution < -0.4 is 5.73 Å². The normalized spacial score (nSPS) is 9.96. The van der Waals surface area contributed by atoms with Crippen molar-refractivity contribution in [1.29, 1.82) is 0 Å². The van der Waals surface area contributed by atoms with Crippen molar-refractivity contribution in [2.24, 2.45) is 0 Å². The summed E-state index contributed by atoms with van der Waals surface area (Å²) in [4.78, 5) is 2.39. The minimum atomic E-state index is 0. The van der Waals surface area contributed by atoms with Crippen LogP contribution in [0.3, 0.4) is 0 Å². The molecular formula is C18H12Cl7NS2. The quantitative estimate of drug-likeness (QED) is 0.244. The highest BCUT2D eigenvalue weighted by Crippen LogP contribution is 2.40. The lowest BCUT2D eigenvalue weighted by Gasteiger charge is -2.08. The summed E-state index contributed by atoms with van der Waals surface area (Å²) >= 11 is 40.7. The molecule has 0 saturated carbocycles. The van der Waals surface area contributed by atoms with Crippen molar-refractivity contribution in [3.63, 3.8) is 0 Å². The minimum Gasteiger partial charge on any atom is -0.397 e. The second kappa shape index (κ2) is 12.1. The molecule has 1 nitrogen and oxygen atoms in total. The fourth-order valence-corrected chi connectivity index (χ4v) is 4.23. The monoisotopic (exact) mass is 551 g/mol. The molecule has 0 aliphatic rings. The average molecular weight is 555 g/mol. The predicted octanol–water partition coefficient (Wildman–Crippen LogP) is 9.74. The first-order valence-corrected chi connectivity index (χ1v) is 10.7. The van der Waals surface area contributed by atoms with Crippen molar-refractivity contribution in [2.75, 3.05) is 5.73 Å². The third kappa shape index (κ3) is 7.79. The van der Waals surface area contributed by atoms with E-state index in [2.05, 4.69) is 12.6 Å². The number of hydrogen-bond donors (Lipinski definition) is 2. The number of nitrogens with two attached hydrogens (primary N) is 1. The standard InChI is InChI=1S/C12H7Cl4NS.C6H4Cl2S.ClH/c13-6-1-2-11(8(15)3-6)18-12-5-7(14)10(17)4-9(12)16;7-4-1-2-6(9)5(8)3-4;/h1-5H,17H2;1-3,9H;1H. The Morgan fingerprint density at radius 3 is 1.71 bits per heavy atom. The summed E-state index contributed by atoms with van der Waals surface area (Å²) in [6.07, 6.45) is 0. The molecule has 0 unspecified atom stereocenters. The molecule has 0 aliphatic carbocycles. The number of thiol groups is 1. The van der Waals surface area contributed by atoms with E-state index in [0.717, 1.165) is 14.7 Å². The molecule has 3 aromatic carbocycles. The first-order valence-electron chi connectivity index (χ1n) is 7.19. The van der Waals surface area contributed by atoms with Gasteiger partial charge in [0.05, 0.1) is 25.8 Å². The van der Waals surface area contributed by atoms with Crippen molar-refractivity contribution in [3.05, 3.63) is 78.7 Å². The van der Waals surface area contributed by atoms with E-state index in [1.165, 1.54) is 11.8 Å². The molecule has 0 atom stereocenters. The first-order chi connectivity index (χ1) is 12.7. The van der Waals surface area contributed by atoms with Gasteiger partial charge in [0.2, 0.25) is 0 Å². The second-order valence-corrected chi connectivity index (χ2v) is 9.14. The van der Waals surface area contributed by atoms with Gasteiger partial charge in [-0.2, -0.15) is 0 Å². The zero-order valence-electron chi connectivity index (χ0n) is 13.7. The smallest absolute Gasteiger partial charge is 0.0647 e. The van der Waals surface area contributed by atoms with Gasteiger partial charge in [-0.25, -0.2) is 0 Å². The number of benzene rings is 3. The Kier molecular flexibility index (Phi) is 11.4. The van der Waals surface area contributed by atoms with Crippen molar-refractivity contribution in [1.82, 2.24) is 0 Å². The molecule has 3 rings (SSSR count). The van der Waals surface area contributed by atoms with Crippen LogP contribution in [0.4, 0.5) is 5.69 Å². The summed E-state index contributed by atoms with van der Waals surface area (Å²) in [6, 6.07) is 13.8. The molecule has 2 N–H and O–H groups in total. The van der Waals surface area contributed by atoms with E-state index in [4.69, 9.17) is 75.3 Å². The Morgan fingerprint density at radius 1 is 0.643 bits per heavy atom. The van der Waals surface area contributed by atoms with Crippen molar-refractivity contribution >= 4 is 112 Å². The summed E-state index contributed by atoms with van der Waals surface area (Å²) < 4.78 is 0. The van der Waals surface area contributed by atoms with E-state index >= 15 is 0 Å². The van der Waals surface area contributed by atoms with Crippen molar-refractivity contribution in [2.45, 2.75) is 14.7 Å². The van der Waals surface area contributed by atoms with Crippen LogP contribution in [0.15, 0.2) is 63.2 Å². The van der Waals surface area contributed by atoms with E-state index in [1.54, 1.807) is 42.5 Å². The first kappa shape index (κ1) is 26.2. The van der Waals surface area contributed by atoms with Gasteiger partial charge in [-0.15, -0.1) is 25.0 Å². The highest BCUT2D eigenvalue weighted by atomic mass is 35.5. The summed E-state index contributed by atoms with van der Waals surface area (Å²) in [7, 11) is 0. The maximum atomic E-state index is 6.11. The molecule has 10 heteroatoms. The molecule has 150 valence electrons. The maximum Gasteiger partial charge on any atom is 0.0647 e. The molecule has 28 heavy (non-hydrogen) atoms. The highest BCUT2D eigenvalue weighted by Gasteiger charge is 2.09. The van der Waals surface area contributed by atoms with E-state index in [9.17, 15) is 0 Å². The molecule has 0 spiro atoms. The fourth-order valence-electron chi connectivity index (χ4n) is 1.78. The van der Waals surface area contributed by atoms with Gasteiger partial charge in [0, 0.05) is 24.7 Å². The summed E-state index contributed by atoms with van der Waals surface area (Å²) in [5, 5.41) is 3.38. The topological polar surface area (TPSA) is 26.0 Å². The van der Waals surface area contributed by atoms with Crippen LogP contribution in [0.1, 0.15) is 0 Å². The lowest BCUT2D eigenvalue weighted by Crippen LogP contribution is -1.87. The molecule has 0 radical (unpaired) electrons. The number of hydrogen-bond acceptors (Lipinski definition) is 3. The molecule has 0 aromatic heterocycles. The van der Waals surface area contributed by atoms with Gasteiger partial charge in [-0.1, -0.05) is 81.4 Å². The van der Waals surface area contributed by atoms with Gasteiger partial charge >= 0.3 is 0 Å².